The molecule has 2 amide bonds. The van der Waals surface area contributed by atoms with Crippen LogP contribution in [0.15, 0.2) is 24.3 Å². The normalized spacial score (nSPS) is 20.8. The van der Waals surface area contributed by atoms with Gasteiger partial charge in [0.25, 0.3) is 0 Å². The summed E-state index contributed by atoms with van der Waals surface area (Å²) in [5.41, 5.74) is 3.94. The molecule has 0 aliphatic carbocycles. The summed E-state index contributed by atoms with van der Waals surface area (Å²) >= 11 is 0. The summed E-state index contributed by atoms with van der Waals surface area (Å²) in [6.07, 6.45) is 0. The van der Waals surface area contributed by atoms with Crippen LogP contribution in [0.4, 0.5) is 0 Å². The molecule has 2 unspecified atom stereocenters. The SMILES string of the molecule is COc1ccc(CN2CC(=O)NCC(C)C(=O)C(C)CNC(=O)C2)cc1Cn1nc(C)cc1C. The lowest BCUT2D eigenvalue weighted by atomic mass is 9.95. The highest BCUT2D eigenvalue weighted by molar-refractivity contribution is 5.86. The Hall–Kier alpha value is -3.20. The van der Waals surface area contributed by atoms with Crippen molar-refractivity contribution in [3.63, 3.8) is 0 Å². The van der Waals surface area contributed by atoms with Crippen LogP contribution in [-0.4, -0.2) is 65.6 Å². The molecule has 184 valence electrons. The van der Waals surface area contributed by atoms with Crippen LogP contribution in [0.25, 0.3) is 0 Å². The maximum absolute atomic E-state index is 12.6. The molecule has 0 saturated carbocycles. The van der Waals surface area contributed by atoms with Gasteiger partial charge in [-0.2, -0.15) is 5.10 Å². The van der Waals surface area contributed by atoms with Gasteiger partial charge in [0.05, 0.1) is 32.4 Å². The third kappa shape index (κ3) is 6.66. The summed E-state index contributed by atoms with van der Waals surface area (Å²) in [6.45, 7) is 9.24. The molecule has 9 nitrogen and oxygen atoms in total. The molecular weight excluding hydrogens is 434 g/mol. The number of rotatable bonds is 5. The van der Waals surface area contributed by atoms with Crippen LogP contribution in [0, 0.1) is 25.7 Å². The topological polar surface area (TPSA) is 106 Å². The monoisotopic (exact) mass is 469 g/mol. The first kappa shape index (κ1) is 25.4. The summed E-state index contributed by atoms with van der Waals surface area (Å²) in [4.78, 5) is 39.3. The molecule has 0 radical (unpaired) electrons. The van der Waals surface area contributed by atoms with Gasteiger partial charge in [-0.25, -0.2) is 0 Å². The van der Waals surface area contributed by atoms with Crippen LogP contribution >= 0.6 is 0 Å². The fourth-order valence-corrected chi connectivity index (χ4v) is 4.21. The van der Waals surface area contributed by atoms with E-state index in [0.29, 0.717) is 26.2 Å². The van der Waals surface area contributed by atoms with Gasteiger partial charge in [0, 0.05) is 42.7 Å². The van der Waals surface area contributed by atoms with Gasteiger partial charge < -0.3 is 15.4 Å². The molecule has 34 heavy (non-hydrogen) atoms. The lowest BCUT2D eigenvalue weighted by Crippen LogP contribution is -2.46. The number of amides is 2. The average Bonchev–Trinajstić information content (AvgIpc) is 3.11. The van der Waals surface area contributed by atoms with Crippen molar-refractivity contribution in [3.8, 4) is 5.75 Å². The number of nitrogens with one attached hydrogen (secondary N) is 2. The summed E-state index contributed by atoms with van der Waals surface area (Å²) in [5, 5.41) is 10.2. The number of ether oxygens (including phenoxy) is 1. The Bertz CT molecular complexity index is 1020. The molecule has 2 aromatic rings. The molecule has 9 heteroatoms. The van der Waals surface area contributed by atoms with Crippen LogP contribution in [0.2, 0.25) is 0 Å². The van der Waals surface area contributed by atoms with Crippen molar-refractivity contribution in [1.29, 1.82) is 0 Å². The van der Waals surface area contributed by atoms with E-state index in [4.69, 9.17) is 4.74 Å². The quantitative estimate of drug-likeness (QED) is 0.687. The fourth-order valence-electron chi connectivity index (χ4n) is 4.21. The zero-order chi connectivity index (χ0) is 24.8. The van der Waals surface area contributed by atoms with Crippen molar-refractivity contribution < 1.29 is 19.1 Å². The van der Waals surface area contributed by atoms with Crippen molar-refractivity contribution in [1.82, 2.24) is 25.3 Å². The predicted molar refractivity (Wildman–Crippen MR) is 128 cm³/mol. The van der Waals surface area contributed by atoms with E-state index in [-0.39, 0.29) is 42.5 Å². The van der Waals surface area contributed by atoms with E-state index < -0.39 is 0 Å². The molecule has 2 N–H and O–H groups in total. The minimum absolute atomic E-state index is 0.0337. The molecule has 1 aromatic carbocycles. The number of carbonyl (C=O) groups excluding carboxylic acids is 3. The Balaban J connectivity index is 1.78. The van der Waals surface area contributed by atoms with Crippen molar-refractivity contribution in [2.24, 2.45) is 11.8 Å². The Morgan fingerprint density at radius 2 is 1.59 bits per heavy atom. The number of nitrogens with zero attached hydrogens (tertiary/aromatic N) is 3. The Kier molecular flexibility index (Phi) is 8.44. The Labute approximate surface area is 200 Å². The van der Waals surface area contributed by atoms with Gasteiger partial charge in [0.1, 0.15) is 11.5 Å². The highest BCUT2D eigenvalue weighted by Crippen LogP contribution is 2.22. The second kappa shape index (κ2) is 11.3. The molecule has 1 aliphatic rings. The van der Waals surface area contributed by atoms with Crippen molar-refractivity contribution >= 4 is 17.6 Å². The van der Waals surface area contributed by atoms with Gasteiger partial charge in [-0.05, 0) is 37.6 Å². The maximum Gasteiger partial charge on any atom is 0.234 e. The average molecular weight is 470 g/mol. The van der Waals surface area contributed by atoms with E-state index in [1.807, 2.05) is 42.8 Å². The van der Waals surface area contributed by atoms with Gasteiger partial charge in [-0.1, -0.05) is 19.9 Å². The minimum atomic E-state index is -0.303. The molecule has 1 aliphatic heterocycles. The molecule has 2 heterocycles. The Morgan fingerprint density at radius 1 is 0.971 bits per heavy atom. The summed E-state index contributed by atoms with van der Waals surface area (Å²) in [6, 6.07) is 7.91. The summed E-state index contributed by atoms with van der Waals surface area (Å²) in [5.74, 6) is -0.238. The number of carbonyl (C=O) groups is 3. The molecule has 1 saturated heterocycles. The van der Waals surface area contributed by atoms with Crippen LogP contribution in [0.1, 0.15) is 36.4 Å². The van der Waals surface area contributed by atoms with Crippen molar-refractivity contribution in [3.05, 3.63) is 46.8 Å². The van der Waals surface area contributed by atoms with Crippen molar-refractivity contribution in [2.45, 2.75) is 40.8 Å². The first-order chi connectivity index (χ1) is 16.2. The second-order valence-corrected chi connectivity index (χ2v) is 9.19. The number of aryl methyl sites for hydroxylation is 2. The highest BCUT2D eigenvalue weighted by Gasteiger charge is 2.24. The van der Waals surface area contributed by atoms with Crippen LogP contribution < -0.4 is 15.4 Å². The molecule has 1 aromatic heterocycles. The zero-order valence-electron chi connectivity index (χ0n) is 20.7. The summed E-state index contributed by atoms with van der Waals surface area (Å²) < 4.78 is 7.48. The molecular formula is C25H35N5O4. The number of ketones is 1. The molecule has 0 bridgehead atoms. The number of hydrogen-bond acceptors (Lipinski definition) is 6. The van der Waals surface area contributed by atoms with E-state index in [2.05, 4.69) is 15.7 Å². The number of benzene rings is 1. The number of methoxy groups -OCH3 is 1. The second-order valence-electron chi connectivity index (χ2n) is 9.19. The third-order valence-corrected chi connectivity index (χ3v) is 6.09. The van der Waals surface area contributed by atoms with Gasteiger partial charge in [-0.3, -0.25) is 24.0 Å². The van der Waals surface area contributed by atoms with Crippen LogP contribution in [-0.2, 0) is 27.5 Å². The summed E-state index contributed by atoms with van der Waals surface area (Å²) in [7, 11) is 1.64. The van der Waals surface area contributed by atoms with E-state index in [1.54, 1.807) is 25.9 Å². The minimum Gasteiger partial charge on any atom is -0.496 e. The Morgan fingerprint density at radius 3 is 2.12 bits per heavy atom. The zero-order valence-corrected chi connectivity index (χ0v) is 20.7. The van der Waals surface area contributed by atoms with Crippen molar-refractivity contribution in [2.75, 3.05) is 33.3 Å². The van der Waals surface area contributed by atoms with Gasteiger partial charge in [0.2, 0.25) is 11.8 Å². The lowest BCUT2D eigenvalue weighted by molar-refractivity contribution is -0.128. The maximum atomic E-state index is 12.6. The first-order valence-electron chi connectivity index (χ1n) is 11.6. The van der Waals surface area contributed by atoms with Gasteiger partial charge in [0.15, 0.2) is 0 Å². The fraction of sp³-hybridized carbons (Fsp3) is 0.520. The number of aromatic nitrogens is 2. The van der Waals surface area contributed by atoms with E-state index in [1.165, 1.54) is 0 Å². The van der Waals surface area contributed by atoms with E-state index >= 15 is 0 Å². The highest BCUT2D eigenvalue weighted by atomic mass is 16.5. The first-order valence-corrected chi connectivity index (χ1v) is 11.6. The standard InChI is InChI=1S/C25H35N5O4/c1-16-10-26-23(31)14-29(15-24(32)27-11-17(2)25(16)33)12-20-6-7-22(34-5)21(9-20)13-30-19(4)8-18(3)28-30/h6-9,16-17H,10-15H2,1-5H3,(H,26,31)(H,27,32). The molecule has 0 spiro atoms. The largest absolute Gasteiger partial charge is 0.496 e. The predicted octanol–water partition coefficient (Wildman–Crippen LogP) is 1.45. The number of Topliss-reactive ketones (excluding diaryl/α,β-unsaturated/α-hetero) is 1. The lowest BCUT2D eigenvalue weighted by Gasteiger charge is -2.25. The molecule has 2 atom stereocenters. The van der Waals surface area contributed by atoms with Gasteiger partial charge >= 0.3 is 0 Å². The number of hydrogen-bond donors (Lipinski definition) is 2. The molecule has 1 fully saturated rings. The molecule has 3 rings (SSSR count). The van der Waals surface area contributed by atoms with Gasteiger partial charge in [-0.15, -0.1) is 0 Å². The van der Waals surface area contributed by atoms with Crippen LogP contribution in [0.3, 0.4) is 0 Å². The smallest absolute Gasteiger partial charge is 0.234 e. The third-order valence-electron chi connectivity index (χ3n) is 6.09. The van der Waals surface area contributed by atoms with E-state index in [0.717, 1.165) is 28.3 Å². The van der Waals surface area contributed by atoms with E-state index in [9.17, 15) is 14.4 Å². The van der Waals surface area contributed by atoms with Crippen LogP contribution in [0.5, 0.6) is 5.75 Å².